The molecule has 1 heterocycles. The molecule has 1 amide bonds. The van der Waals surface area contributed by atoms with Crippen molar-refractivity contribution in [1.29, 1.82) is 0 Å². The number of benzene rings is 3. The van der Waals surface area contributed by atoms with Crippen LogP contribution in [0, 0.1) is 0 Å². The molecular weight excluding hydrogens is 546 g/mol. The van der Waals surface area contributed by atoms with Crippen LogP contribution in [0.4, 0.5) is 13.6 Å². The van der Waals surface area contributed by atoms with Crippen LogP contribution in [0.3, 0.4) is 0 Å². The zero-order chi connectivity index (χ0) is 28.8. The second kappa shape index (κ2) is 12.6. The third kappa shape index (κ3) is 6.53. The number of nitrogens with zero attached hydrogens (tertiary/aromatic N) is 2. The fourth-order valence-corrected chi connectivity index (χ4v) is 5.93. The Balaban J connectivity index is 1.81. The van der Waals surface area contributed by atoms with Gasteiger partial charge >= 0.3 is 12.1 Å². The van der Waals surface area contributed by atoms with Gasteiger partial charge in [-0.2, -0.15) is 8.78 Å². The molecule has 0 radical (unpaired) electrons. The van der Waals surface area contributed by atoms with Crippen molar-refractivity contribution in [2.75, 3.05) is 20.0 Å². The predicted molar refractivity (Wildman–Crippen MR) is 140 cm³/mol. The first kappa shape index (κ1) is 29.3. The minimum atomic E-state index is -4.93. The van der Waals surface area contributed by atoms with Crippen molar-refractivity contribution in [3.05, 3.63) is 102 Å². The van der Waals surface area contributed by atoms with Crippen LogP contribution in [0.15, 0.2) is 95.9 Å². The second-order valence-corrected chi connectivity index (χ2v) is 11.0. The first-order valence-electron chi connectivity index (χ1n) is 12.4. The largest absolute Gasteiger partial charge is 0.465 e. The SMILES string of the molecule is O=C(O)N(C1COCOC1)[C@@H](Cc1ccccc1)C(=O)C(F)(F)N(Cc1ccccc1)S(=O)(=O)c1ccccc1. The van der Waals surface area contributed by atoms with Crippen molar-refractivity contribution in [3.63, 3.8) is 0 Å². The van der Waals surface area contributed by atoms with Crippen LogP contribution in [-0.4, -0.2) is 72.7 Å². The molecule has 1 aliphatic heterocycles. The third-order valence-corrected chi connectivity index (χ3v) is 8.23. The van der Waals surface area contributed by atoms with Gasteiger partial charge < -0.3 is 14.6 Å². The number of sulfonamides is 1. The van der Waals surface area contributed by atoms with Crippen molar-refractivity contribution in [2.24, 2.45) is 0 Å². The van der Waals surface area contributed by atoms with Gasteiger partial charge in [-0.05, 0) is 23.3 Å². The van der Waals surface area contributed by atoms with Crippen LogP contribution in [0.25, 0.3) is 0 Å². The number of carbonyl (C=O) groups is 2. The van der Waals surface area contributed by atoms with E-state index in [4.69, 9.17) is 9.47 Å². The summed E-state index contributed by atoms with van der Waals surface area (Å²) in [5.74, 6) is -1.89. The Morgan fingerprint density at radius 2 is 1.38 bits per heavy atom. The van der Waals surface area contributed by atoms with E-state index in [1.54, 1.807) is 48.5 Å². The molecule has 1 fully saturated rings. The molecule has 0 bridgehead atoms. The first-order chi connectivity index (χ1) is 19.1. The fraction of sp³-hybridized carbons (Fsp3) is 0.286. The van der Waals surface area contributed by atoms with Gasteiger partial charge in [0.2, 0.25) is 15.8 Å². The van der Waals surface area contributed by atoms with E-state index in [9.17, 15) is 23.1 Å². The molecule has 1 aliphatic rings. The summed E-state index contributed by atoms with van der Waals surface area (Å²) < 4.78 is 70.2. The molecule has 1 saturated heterocycles. The minimum absolute atomic E-state index is 0.114. The normalized spacial score (nSPS) is 15.5. The molecule has 0 spiro atoms. The number of halogens is 2. The molecule has 0 aromatic heterocycles. The number of amides is 1. The Hall–Kier alpha value is -3.71. The van der Waals surface area contributed by atoms with E-state index in [0.29, 0.717) is 10.5 Å². The molecule has 0 aliphatic carbocycles. The number of hydrogen-bond acceptors (Lipinski definition) is 6. The molecule has 0 unspecified atom stereocenters. The van der Waals surface area contributed by atoms with Gasteiger partial charge in [0.1, 0.15) is 12.8 Å². The van der Waals surface area contributed by atoms with Crippen LogP contribution in [-0.2, 0) is 37.3 Å². The number of rotatable bonds is 11. The van der Waals surface area contributed by atoms with Crippen LogP contribution in [0.5, 0.6) is 0 Å². The zero-order valence-corrected chi connectivity index (χ0v) is 22.1. The van der Waals surface area contributed by atoms with Crippen LogP contribution in [0.2, 0.25) is 0 Å². The molecule has 1 N–H and O–H groups in total. The highest BCUT2D eigenvalue weighted by Gasteiger charge is 2.56. The number of Topliss-reactive ketones (excluding diaryl/α,β-unsaturated/α-hetero) is 1. The monoisotopic (exact) mass is 574 g/mol. The van der Waals surface area contributed by atoms with Crippen molar-refractivity contribution in [3.8, 4) is 0 Å². The zero-order valence-electron chi connectivity index (χ0n) is 21.3. The van der Waals surface area contributed by atoms with Crippen LogP contribution < -0.4 is 0 Å². The van der Waals surface area contributed by atoms with Gasteiger partial charge in [0.25, 0.3) is 0 Å². The van der Waals surface area contributed by atoms with E-state index in [0.717, 1.165) is 12.1 Å². The van der Waals surface area contributed by atoms with Gasteiger partial charge in [-0.3, -0.25) is 9.69 Å². The van der Waals surface area contributed by atoms with E-state index < -0.39 is 57.9 Å². The van der Waals surface area contributed by atoms with Gasteiger partial charge in [0, 0.05) is 13.0 Å². The lowest BCUT2D eigenvalue weighted by Gasteiger charge is -2.39. The highest BCUT2D eigenvalue weighted by molar-refractivity contribution is 7.89. The maximum absolute atomic E-state index is 16.4. The Morgan fingerprint density at radius 3 is 1.90 bits per heavy atom. The molecule has 4 rings (SSSR count). The quantitative estimate of drug-likeness (QED) is 0.345. The van der Waals surface area contributed by atoms with Crippen molar-refractivity contribution in [1.82, 2.24) is 9.21 Å². The minimum Gasteiger partial charge on any atom is -0.465 e. The van der Waals surface area contributed by atoms with Gasteiger partial charge in [0.05, 0.1) is 24.2 Å². The Kier molecular flexibility index (Phi) is 9.25. The summed E-state index contributed by atoms with van der Waals surface area (Å²) in [6.45, 7) is -1.33. The van der Waals surface area contributed by atoms with E-state index in [1.165, 1.54) is 30.3 Å². The summed E-state index contributed by atoms with van der Waals surface area (Å²) >= 11 is 0. The molecule has 12 heteroatoms. The summed E-state index contributed by atoms with van der Waals surface area (Å²) in [6, 6.07) is 14.6. The van der Waals surface area contributed by atoms with Crippen LogP contribution >= 0.6 is 0 Å². The summed E-state index contributed by atoms with van der Waals surface area (Å²) in [7, 11) is -4.93. The molecule has 40 heavy (non-hydrogen) atoms. The molecule has 9 nitrogen and oxygen atoms in total. The first-order valence-corrected chi connectivity index (χ1v) is 13.8. The summed E-state index contributed by atoms with van der Waals surface area (Å²) in [4.78, 5) is 26.4. The number of alkyl halides is 2. The summed E-state index contributed by atoms with van der Waals surface area (Å²) in [5, 5.41) is 10.1. The average molecular weight is 575 g/mol. The average Bonchev–Trinajstić information content (AvgIpc) is 2.97. The Bertz CT molecular complexity index is 1390. The molecule has 0 saturated carbocycles. The standard InChI is InChI=1S/C28H28F2N2O7S/c29-28(30,31(17-22-12-6-2-7-13-22)40(36,37)24-14-8-3-9-15-24)26(33)25(16-21-10-4-1-5-11-21)32(27(34)35)23-18-38-20-39-19-23/h1-15,23,25H,16-20H2,(H,34,35)/t25-/m0/s1. The van der Waals surface area contributed by atoms with Gasteiger partial charge in [-0.25, -0.2) is 13.2 Å². The van der Waals surface area contributed by atoms with E-state index >= 15 is 8.78 Å². The smallest absolute Gasteiger partial charge is 0.408 e. The molecule has 3 aromatic rings. The van der Waals surface area contributed by atoms with E-state index in [1.807, 2.05) is 0 Å². The lowest BCUT2D eigenvalue weighted by atomic mass is 9.98. The highest BCUT2D eigenvalue weighted by Crippen LogP contribution is 2.34. The maximum Gasteiger partial charge on any atom is 0.408 e. The molecular formula is C28H28F2N2O7S. The van der Waals surface area contributed by atoms with Gasteiger partial charge in [-0.1, -0.05) is 78.9 Å². The lowest BCUT2D eigenvalue weighted by molar-refractivity contribution is -0.173. The van der Waals surface area contributed by atoms with Crippen molar-refractivity contribution < 1.29 is 41.4 Å². The van der Waals surface area contributed by atoms with Gasteiger partial charge in [-0.15, -0.1) is 4.31 Å². The Labute approximate surface area is 230 Å². The topological polar surface area (TPSA) is 113 Å². The maximum atomic E-state index is 16.4. The van der Waals surface area contributed by atoms with Crippen molar-refractivity contribution in [2.45, 2.75) is 36.0 Å². The fourth-order valence-electron chi connectivity index (χ4n) is 4.46. The third-order valence-electron chi connectivity index (χ3n) is 6.42. The Morgan fingerprint density at radius 1 is 0.875 bits per heavy atom. The number of hydrogen-bond donors (Lipinski definition) is 1. The second-order valence-electron chi connectivity index (χ2n) is 9.12. The number of carbonyl (C=O) groups excluding carboxylic acids is 1. The van der Waals surface area contributed by atoms with E-state index in [2.05, 4.69) is 0 Å². The van der Waals surface area contributed by atoms with Crippen molar-refractivity contribution >= 4 is 21.9 Å². The molecule has 3 aromatic carbocycles. The lowest BCUT2D eigenvalue weighted by Crippen LogP contribution is -2.62. The predicted octanol–water partition coefficient (Wildman–Crippen LogP) is 4.00. The number of carboxylic acid groups (broad SMARTS) is 1. The molecule has 1 atom stereocenters. The number of ketones is 1. The number of ether oxygens (including phenoxy) is 2. The summed E-state index contributed by atoms with van der Waals surface area (Å²) in [5.41, 5.74) is 0.610. The van der Waals surface area contributed by atoms with E-state index in [-0.39, 0.29) is 29.9 Å². The summed E-state index contributed by atoms with van der Waals surface area (Å²) in [6.07, 6.45) is -2.08. The molecule has 212 valence electrons. The highest BCUT2D eigenvalue weighted by atomic mass is 32.2. The van der Waals surface area contributed by atoms with Crippen LogP contribution in [0.1, 0.15) is 11.1 Å². The van der Waals surface area contributed by atoms with Gasteiger partial charge in [0.15, 0.2) is 0 Å².